The lowest BCUT2D eigenvalue weighted by atomic mass is 9.73. The summed E-state index contributed by atoms with van der Waals surface area (Å²) >= 11 is 0. The van der Waals surface area contributed by atoms with Gasteiger partial charge in [0.15, 0.2) is 5.71 Å². The summed E-state index contributed by atoms with van der Waals surface area (Å²) in [5.41, 5.74) is 5.04. The molecule has 0 radical (unpaired) electrons. The number of likely N-dealkylation sites (N-methyl/N-ethyl adjacent to an activating group) is 1. The molecule has 2 aliphatic heterocycles. The monoisotopic (exact) mass is 512 g/mol. The third-order valence-electron chi connectivity index (χ3n) is 9.94. The number of nitrogens with zero attached hydrogens (tertiary/aromatic N) is 5. The van der Waals surface area contributed by atoms with Crippen LogP contribution in [0.25, 0.3) is 10.4 Å². The van der Waals surface area contributed by atoms with Crippen molar-refractivity contribution in [1.29, 1.82) is 0 Å². The van der Waals surface area contributed by atoms with Crippen molar-refractivity contribution in [1.82, 2.24) is 14.8 Å². The number of pyridine rings is 1. The Morgan fingerprint density at radius 3 is 2.39 bits per heavy atom. The molecule has 0 unspecified atom stereocenters. The normalized spacial score (nSPS) is 25.1. The zero-order valence-electron chi connectivity index (χ0n) is 22.8. The van der Waals surface area contributed by atoms with Crippen LogP contribution in [-0.2, 0) is 10.3 Å². The number of carbonyl (C=O) groups excluding carboxylic acids is 1. The van der Waals surface area contributed by atoms with E-state index in [-0.39, 0.29) is 11.4 Å². The molecule has 1 saturated heterocycles. The summed E-state index contributed by atoms with van der Waals surface area (Å²) in [7, 11) is 2.21. The number of hydrogen-bond donors (Lipinski definition) is 1. The molecule has 1 aromatic rings. The number of anilines is 1. The fraction of sp³-hybridized carbons (Fsp3) is 0.613. The highest BCUT2D eigenvalue weighted by Gasteiger charge is 2.44. The van der Waals surface area contributed by atoms with E-state index < -0.39 is 0 Å². The van der Waals surface area contributed by atoms with Crippen LogP contribution in [0.5, 0.6) is 0 Å². The van der Waals surface area contributed by atoms with Gasteiger partial charge < -0.3 is 15.1 Å². The van der Waals surface area contributed by atoms with Gasteiger partial charge in [-0.25, -0.2) is 4.98 Å². The topological polar surface area (TPSA) is 65.2 Å². The predicted molar refractivity (Wildman–Crippen MR) is 152 cm³/mol. The van der Waals surface area contributed by atoms with Crippen molar-refractivity contribution in [2.24, 2.45) is 10.4 Å². The Labute approximate surface area is 226 Å². The molecule has 3 fully saturated rings. The number of aliphatic imine (C=N–C) groups is 1. The molecular formula is C31H40N6O. The molecule has 0 aromatic carbocycles. The smallest absolute Gasteiger partial charge is 0.294 e. The Balaban J connectivity index is 1.34. The lowest BCUT2D eigenvalue weighted by molar-refractivity contribution is -0.110. The van der Waals surface area contributed by atoms with Crippen LogP contribution in [0.4, 0.5) is 5.69 Å². The lowest BCUT2D eigenvalue weighted by Crippen LogP contribution is -2.54. The van der Waals surface area contributed by atoms with Crippen molar-refractivity contribution in [3.05, 3.63) is 52.9 Å². The molecule has 1 aromatic heterocycles. The molecule has 1 spiro atoms. The summed E-state index contributed by atoms with van der Waals surface area (Å²) in [5.74, 6) is 0.0741. The van der Waals surface area contributed by atoms with Crippen LogP contribution in [0.3, 0.4) is 0 Å². The lowest BCUT2D eigenvalue weighted by Gasteiger charge is -2.45. The molecule has 1 N–H and O–H groups in total. The second kappa shape index (κ2) is 10.4. The van der Waals surface area contributed by atoms with Crippen molar-refractivity contribution in [2.75, 3.05) is 38.5 Å². The Morgan fingerprint density at radius 2 is 1.74 bits per heavy atom. The van der Waals surface area contributed by atoms with Crippen LogP contribution >= 0.6 is 0 Å². The third-order valence-corrected chi connectivity index (χ3v) is 9.94. The third kappa shape index (κ3) is 4.74. The van der Waals surface area contributed by atoms with Gasteiger partial charge in [-0.1, -0.05) is 44.4 Å². The van der Waals surface area contributed by atoms with Crippen molar-refractivity contribution < 1.29 is 4.79 Å². The number of amides is 1. The van der Waals surface area contributed by atoms with Crippen LogP contribution in [0, 0.1) is 12.0 Å². The molecule has 200 valence electrons. The maximum Gasteiger partial charge on any atom is 0.294 e. The summed E-state index contributed by atoms with van der Waals surface area (Å²) in [6.07, 6.45) is 18.1. The van der Waals surface area contributed by atoms with Crippen LogP contribution < -0.4 is 5.32 Å². The van der Waals surface area contributed by atoms with Crippen LogP contribution in [0.1, 0.15) is 88.4 Å². The minimum atomic E-state index is -0.228. The first-order valence-corrected chi connectivity index (χ1v) is 14.6. The summed E-state index contributed by atoms with van der Waals surface area (Å²) < 4.78 is 0. The molecule has 6 rings (SSSR count). The molecule has 7 nitrogen and oxygen atoms in total. The van der Waals surface area contributed by atoms with Crippen molar-refractivity contribution in [3.8, 4) is 0 Å². The standard InChI is InChI=1S/C31H40N6O/c1-32-27-10-8-25(33-27)29(38)34-24-7-9-26(31(15-5-6-16-31)37-21-19-36(2)20-22-37)35-28(24)23-11-17-30(18-12-23)13-3-4-14-30/h7,9-11H,3-6,8,12-22H2,2H3,(H,34,38). The van der Waals surface area contributed by atoms with Crippen molar-refractivity contribution in [2.45, 2.75) is 82.6 Å². The second-order valence-electron chi connectivity index (χ2n) is 12.2. The van der Waals surface area contributed by atoms with Crippen molar-refractivity contribution >= 4 is 22.9 Å². The van der Waals surface area contributed by atoms with E-state index in [1.165, 1.54) is 56.2 Å². The van der Waals surface area contributed by atoms with Gasteiger partial charge in [-0.3, -0.25) is 9.69 Å². The Hall–Kier alpha value is -2.82. The molecule has 1 amide bonds. The molecule has 38 heavy (non-hydrogen) atoms. The number of hydrogen-bond acceptors (Lipinski definition) is 5. The number of carbonyl (C=O) groups is 1. The Bertz CT molecular complexity index is 1220. The molecule has 0 atom stereocenters. The van der Waals surface area contributed by atoms with Gasteiger partial charge in [0.05, 0.1) is 22.6 Å². The van der Waals surface area contributed by atoms with E-state index >= 15 is 0 Å². The highest BCUT2D eigenvalue weighted by atomic mass is 16.1. The minimum Gasteiger partial charge on any atom is -0.361 e. The number of piperazine rings is 1. The SMILES string of the molecule is [C-]#[N+]C1=CCC(C(=O)Nc2ccc(C3(N4CCN(C)CC4)CCCC3)nc2C2=CCC3(CCCC3)CC2)=N1. The number of rotatable bonds is 5. The maximum absolute atomic E-state index is 13.2. The van der Waals surface area contributed by atoms with E-state index in [1.807, 2.05) is 0 Å². The van der Waals surface area contributed by atoms with E-state index in [4.69, 9.17) is 11.6 Å². The van der Waals surface area contributed by atoms with E-state index in [2.05, 4.69) is 50.2 Å². The summed E-state index contributed by atoms with van der Waals surface area (Å²) in [6.45, 7) is 11.5. The molecule has 2 saturated carbocycles. The number of nitrogens with one attached hydrogen (secondary N) is 1. The molecular weight excluding hydrogens is 472 g/mol. The van der Waals surface area contributed by atoms with Gasteiger partial charge in [0.1, 0.15) is 0 Å². The summed E-state index contributed by atoms with van der Waals surface area (Å²) in [4.78, 5) is 31.3. The fourth-order valence-electron chi connectivity index (χ4n) is 7.56. The van der Waals surface area contributed by atoms with E-state index in [1.54, 1.807) is 6.08 Å². The van der Waals surface area contributed by atoms with Gasteiger partial charge in [0.25, 0.3) is 11.7 Å². The van der Waals surface area contributed by atoms with Crippen molar-refractivity contribution in [3.63, 3.8) is 0 Å². The molecule has 0 bridgehead atoms. The molecule has 5 aliphatic rings. The predicted octanol–water partition coefficient (Wildman–Crippen LogP) is 5.77. The molecule has 7 heteroatoms. The largest absolute Gasteiger partial charge is 0.361 e. The van der Waals surface area contributed by atoms with Crippen LogP contribution in [0.15, 0.2) is 35.1 Å². The van der Waals surface area contributed by atoms with E-state index in [9.17, 15) is 4.79 Å². The average molecular weight is 513 g/mol. The van der Waals surface area contributed by atoms with Gasteiger partial charge in [-0.2, -0.15) is 0 Å². The molecule has 3 aliphatic carbocycles. The van der Waals surface area contributed by atoms with E-state index in [0.717, 1.165) is 63.2 Å². The van der Waals surface area contributed by atoms with Crippen LogP contribution in [0.2, 0.25) is 0 Å². The van der Waals surface area contributed by atoms with E-state index in [0.29, 0.717) is 23.4 Å². The zero-order valence-corrected chi connectivity index (χ0v) is 22.8. The van der Waals surface area contributed by atoms with Gasteiger partial charge in [0.2, 0.25) is 0 Å². The fourth-order valence-corrected chi connectivity index (χ4v) is 7.56. The quantitative estimate of drug-likeness (QED) is 0.509. The average Bonchev–Trinajstić information content (AvgIpc) is 3.72. The Morgan fingerprint density at radius 1 is 1.00 bits per heavy atom. The first kappa shape index (κ1) is 25.5. The van der Waals surface area contributed by atoms with Gasteiger partial charge in [0, 0.05) is 32.6 Å². The summed E-state index contributed by atoms with van der Waals surface area (Å²) in [5, 5.41) is 3.14. The highest BCUT2D eigenvalue weighted by molar-refractivity contribution is 6.44. The molecule has 3 heterocycles. The van der Waals surface area contributed by atoms with Gasteiger partial charge in [-0.15, -0.1) is 4.99 Å². The zero-order chi connectivity index (χ0) is 26.2. The second-order valence-corrected chi connectivity index (χ2v) is 12.2. The number of allylic oxidation sites excluding steroid dienone is 3. The minimum absolute atomic E-state index is 0.00949. The number of aromatic nitrogens is 1. The van der Waals surface area contributed by atoms with Crippen LogP contribution in [-0.4, -0.2) is 59.6 Å². The first-order chi connectivity index (χ1) is 18.5. The maximum atomic E-state index is 13.2. The highest BCUT2D eigenvalue weighted by Crippen LogP contribution is 2.50. The Kier molecular flexibility index (Phi) is 6.96. The first-order valence-electron chi connectivity index (χ1n) is 14.6. The van der Waals surface area contributed by atoms with Gasteiger partial charge in [-0.05, 0) is 75.1 Å². The van der Waals surface area contributed by atoms with Gasteiger partial charge >= 0.3 is 0 Å². The summed E-state index contributed by atoms with van der Waals surface area (Å²) in [6, 6.07) is 4.26.